The van der Waals surface area contributed by atoms with E-state index in [0.29, 0.717) is 21.9 Å². The Kier molecular flexibility index (Phi) is 23.4. The van der Waals surface area contributed by atoms with Gasteiger partial charge in [-0.2, -0.15) is 4.37 Å². The molecule has 0 atom stereocenters. The molecule has 49 heavy (non-hydrogen) atoms. The van der Waals surface area contributed by atoms with Gasteiger partial charge < -0.3 is 9.47 Å². The van der Waals surface area contributed by atoms with Gasteiger partial charge in [-0.25, -0.2) is 0 Å². The highest BCUT2D eigenvalue weighted by molar-refractivity contribution is 8.70. The Bertz CT molecular complexity index is 2100. The van der Waals surface area contributed by atoms with Crippen molar-refractivity contribution >= 4 is 115 Å². The largest absolute Gasteiger partial charge is 0.496 e. The van der Waals surface area contributed by atoms with Crippen molar-refractivity contribution in [3.8, 4) is 22.8 Å². The first-order valence-corrected chi connectivity index (χ1v) is 23.8. The smallest absolute Gasteiger partial charge is 0.198 e. The van der Waals surface area contributed by atoms with Crippen LogP contribution in [0, 0.1) is 27.7 Å². The molecule has 0 saturated carbocycles. The Morgan fingerprint density at radius 2 is 1.16 bits per heavy atom. The number of hydrogen-bond acceptors (Lipinski definition) is 7. The van der Waals surface area contributed by atoms with Crippen LogP contribution in [0.15, 0.2) is 72.8 Å². The Labute approximate surface area is 328 Å². The second kappa shape index (κ2) is 24.3. The Morgan fingerprint density at radius 3 is 1.73 bits per heavy atom. The third kappa shape index (κ3) is 14.0. The van der Waals surface area contributed by atoms with Crippen LogP contribution >= 0.6 is 23.1 Å². The number of ether oxygens (including phenoxy) is 2. The summed E-state index contributed by atoms with van der Waals surface area (Å²) in [6.07, 6.45) is 0. The van der Waals surface area contributed by atoms with Gasteiger partial charge in [-0.1, -0.05) is 80.4 Å². The van der Waals surface area contributed by atoms with Crippen LogP contribution in [0.1, 0.15) is 60.5 Å². The zero-order chi connectivity index (χ0) is 33.6. The number of carbonyl (C=O) groups excluding carboxylic acids is 1. The highest BCUT2D eigenvalue weighted by Gasteiger charge is 2.17. The highest BCUT2D eigenvalue weighted by atomic mass is 35.5. The van der Waals surface area contributed by atoms with Crippen molar-refractivity contribution < 1.29 is 14.3 Å². The van der Waals surface area contributed by atoms with Crippen LogP contribution in [0.4, 0.5) is 0 Å². The van der Waals surface area contributed by atoms with Gasteiger partial charge in [-0.3, -0.25) is 4.79 Å². The fourth-order valence-corrected chi connectivity index (χ4v) is 16.2. The molecule has 0 unspecified atom stereocenters. The van der Waals surface area contributed by atoms with E-state index in [9.17, 15) is 4.79 Å². The number of hydrogen-bond donors (Lipinski definition) is 0. The standard InChI is InChI=1S/C16H15ClO2.C16H15NOS.3CH4.S8/c1-10-4-6-14(17)12(8-10)16(18)13-9-11(2)5-7-15(13)19-3;1-10-4-6-14(18-3)12(8-10)16-13-9-11(2)5-7-15(13)19-17-16;;;;1-3-5-7-8-6-4-2/h2*4-9H,1-3H3;3*1H4;. The Hall–Kier alpha value is -1.91. The number of methoxy groups -OCH3 is 2. The van der Waals surface area contributed by atoms with E-state index in [2.05, 4.69) is 70.9 Å². The summed E-state index contributed by atoms with van der Waals surface area (Å²) in [5, 5.41) is 1.66. The molecule has 5 rings (SSSR count). The molecule has 1 heterocycles. The predicted molar refractivity (Wildman–Crippen MR) is 238 cm³/mol. The molecule has 5 aromatic rings. The van der Waals surface area contributed by atoms with Gasteiger partial charge in [0.05, 0.1) is 35.2 Å². The molecule has 4 aromatic carbocycles. The molecule has 0 bridgehead atoms. The van der Waals surface area contributed by atoms with Crippen LogP contribution in [0.5, 0.6) is 11.5 Å². The predicted octanol–water partition coefficient (Wildman–Crippen LogP) is 10.7. The number of benzene rings is 4. The fourth-order valence-electron chi connectivity index (χ4n) is 4.26. The highest BCUT2D eigenvalue weighted by Crippen LogP contribution is 2.37. The second-order valence-corrected chi connectivity index (χ2v) is 21.5. The molecule has 0 aliphatic rings. The van der Waals surface area contributed by atoms with Gasteiger partial charge in [0.2, 0.25) is 0 Å². The number of nitrogens with zero attached hydrogens (tertiary/aromatic N) is 1. The maximum Gasteiger partial charge on any atom is 0.198 e. The average Bonchev–Trinajstić information content (AvgIpc) is 3.47. The van der Waals surface area contributed by atoms with Gasteiger partial charge in [0.1, 0.15) is 11.5 Å². The quantitative estimate of drug-likeness (QED) is 0.164. The third-order valence-electron chi connectivity index (χ3n) is 6.34. The zero-order valence-corrected chi connectivity index (χ0v) is 33.8. The van der Waals surface area contributed by atoms with Crippen LogP contribution in [-0.4, -0.2) is 24.4 Å². The molecule has 0 aliphatic heterocycles. The lowest BCUT2D eigenvalue weighted by Gasteiger charge is -2.10. The minimum absolute atomic E-state index is 0. The minimum atomic E-state index is -0.116. The first kappa shape index (κ1) is 47.1. The van der Waals surface area contributed by atoms with Crippen LogP contribution in [-0.2, 0) is 75.7 Å². The lowest BCUT2D eigenvalue weighted by molar-refractivity contribution is 0.103. The van der Waals surface area contributed by atoms with Gasteiger partial charge in [-0.05, 0) is 87.8 Å². The molecular formula is C35H42ClNO3S9. The van der Waals surface area contributed by atoms with E-state index in [1.807, 2.05) is 38.1 Å². The lowest BCUT2D eigenvalue weighted by atomic mass is 9.99. The zero-order valence-electron chi connectivity index (χ0n) is 25.7. The van der Waals surface area contributed by atoms with Gasteiger partial charge in [0.25, 0.3) is 0 Å². The topological polar surface area (TPSA) is 48.4 Å². The van der Waals surface area contributed by atoms with Crippen molar-refractivity contribution in [1.29, 1.82) is 0 Å². The maximum absolute atomic E-state index is 12.6. The van der Waals surface area contributed by atoms with E-state index in [4.69, 9.17) is 21.1 Å². The molecule has 266 valence electrons. The van der Waals surface area contributed by atoms with Crippen molar-refractivity contribution in [3.05, 3.63) is 111 Å². The molecule has 14 heteroatoms. The molecule has 0 radical (unpaired) electrons. The number of rotatable bonds is 5. The van der Waals surface area contributed by atoms with E-state index in [1.165, 1.54) is 50.5 Å². The van der Waals surface area contributed by atoms with Crippen LogP contribution in [0.25, 0.3) is 21.3 Å². The van der Waals surface area contributed by atoms with E-state index >= 15 is 0 Å². The summed E-state index contributed by atoms with van der Waals surface area (Å²) in [5.41, 5.74) is 7.60. The summed E-state index contributed by atoms with van der Waals surface area (Å²) in [6.45, 7) is 8.06. The van der Waals surface area contributed by atoms with Crippen LogP contribution in [0.2, 0.25) is 5.02 Å². The van der Waals surface area contributed by atoms with Gasteiger partial charge >= 0.3 is 0 Å². The summed E-state index contributed by atoms with van der Waals surface area (Å²) < 4.78 is 16.5. The average molecular weight is 849 g/mol. The van der Waals surface area contributed by atoms with Crippen LogP contribution < -0.4 is 9.47 Å². The Balaban J connectivity index is 0.000000738. The van der Waals surface area contributed by atoms with Crippen molar-refractivity contribution in [3.63, 3.8) is 0 Å². The monoisotopic (exact) mass is 847 g/mol. The molecule has 0 fully saturated rings. The molecule has 0 N–H and O–H groups in total. The molecule has 0 amide bonds. The van der Waals surface area contributed by atoms with E-state index in [1.54, 1.807) is 67.9 Å². The normalized spacial score (nSPS) is 9.29. The minimum Gasteiger partial charge on any atom is -0.496 e. The first-order valence-electron chi connectivity index (χ1n) is 13.3. The number of aryl methyl sites for hydroxylation is 4. The number of aromatic nitrogens is 1. The first-order chi connectivity index (χ1) is 22.1. The van der Waals surface area contributed by atoms with Gasteiger partial charge in [-0.15, -0.1) is 0 Å². The molecule has 1 aromatic heterocycles. The summed E-state index contributed by atoms with van der Waals surface area (Å²) in [4.78, 5) is 12.6. The Morgan fingerprint density at radius 1 is 0.673 bits per heavy atom. The second-order valence-electron chi connectivity index (χ2n) is 9.66. The summed E-state index contributed by atoms with van der Waals surface area (Å²) in [6, 6.07) is 23.6. The van der Waals surface area contributed by atoms with Crippen molar-refractivity contribution in [1.82, 2.24) is 4.37 Å². The van der Waals surface area contributed by atoms with Crippen molar-refractivity contribution in [2.24, 2.45) is 0 Å². The van der Waals surface area contributed by atoms with Crippen molar-refractivity contribution in [2.75, 3.05) is 14.2 Å². The van der Waals surface area contributed by atoms with E-state index in [-0.39, 0.29) is 28.1 Å². The van der Waals surface area contributed by atoms with Gasteiger partial charge in [0.15, 0.2) is 5.78 Å². The SMILES string of the molecule is C.C.C.COc1ccc(C)cc1-c1nsc2ccc(C)cc12.COc1ccc(C)cc1C(=O)c1cc(C)ccc1Cl.S=S=S=S=S=S=S=S. The summed E-state index contributed by atoms with van der Waals surface area (Å²) in [7, 11) is 12.4. The van der Waals surface area contributed by atoms with E-state index < -0.39 is 0 Å². The molecule has 0 aliphatic carbocycles. The molecule has 0 saturated heterocycles. The summed E-state index contributed by atoms with van der Waals surface area (Å²) in [5.74, 6) is 1.32. The molecular weight excluding hydrogens is 806 g/mol. The van der Waals surface area contributed by atoms with Gasteiger partial charge in [0, 0.05) is 92.2 Å². The molecule has 4 nitrogen and oxygen atoms in total. The van der Waals surface area contributed by atoms with E-state index in [0.717, 1.165) is 28.1 Å². The number of ketones is 1. The number of fused-ring (bicyclic) bond motifs is 1. The fraction of sp³-hybridized carbons (Fsp3) is 0.257. The van der Waals surface area contributed by atoms with Crippen molar-refractivity contribution in [2.45, 2.75) is 50.0 Å². The molecule has 0 spiro atoms. The number of carbonyl (C=O) groups is 1. The number of halogens is 1. The van der Waals surface area contributed by atoms with Crippen LogP contribution in [0.3, 0.4) is 0 Å². The maximum atomic E-state index is 12.6. The third-order valence-corrected chi connectivity index (χ3v) is 18.6. The lowest BCUT2D eigenvalue weighted by Crippen LogP contribution is -2.05. The summed E-state index contributed by atoms with van der Waals surface area (Å²) >= 11 is 16.9.